The zero-order chi connectivity index (χ0) is 18.1. The second-order valence-electron chi connectivity index (χ2n) is 5.56. The third kappa shape index (κ3) is 3.42. The van der Waals surface area contributed by atoms with Crippen molar-refractivity contribution in [2.24, 2.45) is 0 Å². The quantitative estimate of drug-likeness (QED) is 0.726. The molecule has 2 heterocycles. The molecule has 1 saturated heterocycles. The summed E-state index contributed by atoms with van der Waals surface area (Å²) in [4.78, 5) is 26.3. The summed E-state index contributed by atoms with van der Waals surface area (Å²) in [7, 11) is 0. The lowest BCUT2D eigenvalue weighted by atomic mass is 10.2. The van der Waals surface area contributed by atoms with Gasteiger partial charge in [-0.05, 0) is 59.8 Å². The van der Waals surface area contributed by atoms with Crippen LogP contribution in [0.2, 0.25) is 0 Å². The van der Waals surface area contributed by atoms with E-state index in [-0.39, 0.29) is 24.6 Å². The number of amides is 2. The summed E-state index contributed by atoms with van der Waals surface area (Å²) >= 11 is 4.29. The van der Waals surface area contributed by atoms with Crippen LogP contribution < -0.4 is 14.8 Å². The molecule has 4 rings (SSSR count). The molecule has 0 radical (unpaired) electrons. The van der Waals surface area contributed by atoms with Gasteiger partial charge >= 0.3 is 0 Å². The second-order valence-corrected chi connectivity index (χ2v) is 7.47. The molecule has 0 saturated carbocycles. The molecule has 0 bridgehead atoms. The van der Waals surface area contributed by atoms with E-state index < -0.39 is 0 Å². The highest BCUT2D eigenvalue weighted by Gasteiger charge is 2.34. The number of carbonyl (C=O) groups is 2. The molecule has 8 heteroatoms. The van der Waals surface area contributed by atoms with E-state index >= 15 is 0 Å². The number of hydrogen-bond acceptors (Lipinski definition) is 6. The van der Waals surface area contributed by atoms with Crippen LogP contribution in [-0.4, -0.2) is 29.5 Å². The molecule has 6 nitrogen and oxygen atoms in total. The van der Waals surface area contributed by atoms with Crippen molar-refractivity contribution in [2.45, 2.75) is 0 Å². The fourth-order valence-corrected chi connectivity index (χ4v) is 3.63. The minimum Gasteiger partial charge on any atom is -0.454 e. The van der Waals surface area contributed by atoms with E-state index in [0.717, 1.165) is 27.5 Å². The smallest absolute Gasteiger partial charge is 0.295 e. The van der Waals surface area contributed by atoms with Crippen molar-refractivity contribution in [3.63, 3.8) is 0 Å². The molecule has 2 aromatic rings. The average molecular weight is 433 g/mol. The van der Waals surface area contributed by atoms with Crippen molar-refractivity contribution in [1.29, 1.82) is 0 Å². The van der Waals surface area contributed by atoms with Crippen LogP contribution in [0.5, 0.6) is 11.5 Å². The Kier molecular flexibility index (Phi) is 4.60. The lowest BCUT2D eigenvalue weighted by Crippen LogP contribution is -2.33. The fraction of sp³-hybridized carbons (Fsp3) is 0.111. The molecule has 0 atom stereocenters. The number of anilines is 1. The Balaban J connectivity index is 1.47. The molecule has 2 aromatic carbocycles. The maximum Gasteiger partial charge on any atom is 0.295 e. The van der Waals surface area contributed by atoms with Gasteiger partial charge in [-0.3, -0.25) is 14.5 Å². The Labute approximate surface area is 162 Å². The zero-order valence-electron chi connectivity index (χ0n) is 13.4. The van der Waals surface area contributed by atoms with Gasteiger partial charge in [0.25, 0.3) is 11.1 Å². The van der Waals surface area contributed by atoms with Crippen LogP contribution in [0.3, 0.4) is 0 Å². The van der Waals surface area contributed by atoms with Gasteiger partial charge in [0.2, 0.25) is 6.79 Å². The van der Waals surface area contributed by atoms with E-state index in [1.807, 2.05) is 30.3 Å². The van der Waals surface area contributed by atoms with Gasteiger partial charge in [-0.25, -0.2) is 0 Å². The summed E-state index contributed by atoms with van der Waals surface area (Å²) in [5.74, 6) is 0.992. The normalized spacial score (nSPS) is 17.3. The predicted octanol–water partition coefficient (Wildman–Crippen LogP) is 4.28. The van der Waals surface area contributed by atoms with Gasteiger partial charge in [0.1, 0.15) is 0 Å². The van der Waals surface area contributed by atoms with Crippen molar-refractivity contribution in [3.8, 4) is 11.5 Å². The molecular formula is C18H13BrN2O4S. The molecule has 0 spiro atoms. The van der Waals surface area contributed by atoms with E-state index in [4.69, 9.17) is 9.47 Å². The lowest BCUT2D eigenvalue weighted by Gasteiger charge is -2.14. The first kappa shape index (κ1) is 17.0. The SMILES string of the molecule is O=C1SC(=Cc2ccc3c(c2)OCO3)C(=O)N1CNc1ccc(Br)cc1. The summed E-state index contributed by atoms with van der Waals surface area (Å²) in [6.45, 7) is 0.307. The number of fused-ring (bicyclic) bond motifs is 1. The summed E-state index contributed by atoms with van der Waals surface area (Å²) in [6, 6.07) is 12.9. The third-order valence-electron chi connectivity index (χ3n) is 3.85. The van der Waals surface area contributed by atoms with Crippen molar-refractivity contribution in [3.05, 3.63) is 57.4 Å². The van der Waals surface area contributed by atoms with Crippen LogP contribution >= 0.6 is 27.7 Å². The Bertz CT molecular complexity index is 914. The van der Waals surface area contributed by atoms with Gasteiger partial charge in [0.05, 0.1) is 11.6 Å². The highest BCUT2D eigenvalue weighted by atomic mass is 79.9. The van der Waals surface area contributed by atoms with Crippen LogP contribution in [0.25, 0.3) is 6.08 Å². The molecule has 1 fully saturated rings. The molecule has 2 aliphatic rings. The van der Waals surface area contributed by atoms with E-state index in [1.165, 1.54) is 4.90 Å². The molecule has 0 aliphatic carbocycles. The first-order valence-electron chi connectivity index (χ1n) is 7.74. The summed E-state index contributed by atoms with van der Waals surface area (Å²) < 4.78 is 11.6. The number of nitrogens with zero attached hydrogens (tertiary/aromatic N) is 1. The molecule has 132 valence electrons. The van der Waals surface area contributed by atoms with Crippen LogP contribution in [0.15, 0.2) is 51.8 Å². The van der Waals surface area contributed by atoms with Crippen LogP contribution in [0.4, 0.5) is 10.5 Å². The second kappa shape index (κ2) is 7.05. The standard InChI is InChI=1S/C18H13BrN2O4S/c19-12-2-4-13(5-3-12)20-9-21-17(22)16(26-18(21)23)8-11-1-6-14-15(7-11)25-10-24-14/h1-8,20H,9-10H2. The Morgan fingerprint density at radius 2 is 1.88 bits per heavy atom. The van der Waals surface area contributed by atoms with E-state index in [2.05, 4.69) is 21.2 Å². The van der Waals surface area contributed by atoms with E-state index in [1.54, 1.807) is 18.2 Å². The molecule has 1 N–H and O–H groups in total. The number of hydrogen-bond donors (Lipinski definition) is 1. The molecule has 0 unspecified atom stereocenters. The zero-order valence-corrected chi connectivity index (χ0v) is 15.8. The third-order valence-corrected chi connectivity index (χ3v) is 5.29. The monoisotopic (exact) mass is 432 g/mol. The minimum atomic E-state index is -0.317. The number of imide groups is 1. The lowest BCUT2D eigenvalue weighted by molar-refractivity contribution is -0.122. The van der Waals surface area contributed by atoms with Crippen LogP contribution in [-0.2, 0) is 4.79 Å². The van der Waals surface area contributed by atoms with Crippen molar-refractivity contribution < 1.29 is 19.1 Å². The van der Waals surface area contributed by atoms with Crippen molar-refractivity contribution in [2.75, 3.05) is 18.8 Å². The van der Waals surface area contributed by atoms with Gasteiger partial charge in [0.15, 0.2) is 11.5 Å². The molecule has 26 heavy (non-hydrogen) atoms. The molecule has 2 aliphatic heterocycles. The Morgan fingerprint density at radius 1 is 1.12 bits per heavy atom. The number of benzene rings is 2. The van der Waals surface area contributed by atoms with Gasteiger partial charge in [0, 0.05) is 10.2 Å². The summed E-state index contributed by atoms with van der Waals surface area (Å²) in [5.41, 5.74) is 1.60. The first-order chi connectivity index (χ1) is 12.6. The summed E-state index contributed by atoms with van der Waals surface area (Å²) in [6.07, 6.45) is 1.69. The van der Waals surface area contributed by atoms with Crippen molar-refractivity contribution >= 4 is 50.6 Å². The molecular weight excluding hydrogens is 420 g/mol. The Hall–Kier alpha value is -2.45. The number of halogens is 1. The highest BCUT2D eigenvalue weighted by Crippen LogP contribution is 2.36. The number of rotatable bonds is 4. The first-order valence-corrected chi connectivity index (χ1v) is 9.35. The maximum atomic E-state index is 12.5. The van der Waals surface area contributed by atoms with Crippen LogP contribution in [0.1, 0.15) is 5.56 Å². The fourth-order valence-electron chi connectivity index (χ4n) is 2.53. The average Bonchev–Trinajstić information content (AvgIpc) is 3.20. The number of nitrogens with one attached hydrogen (secondary N) is 1. The molecule has 2 amide bonds. The number of ether oxygens (including phenoxy) is 2. The summed E-state index contributed by atoms with van der Waals surface area (Å²) in [5, 5.41) is 2.78. The Morgan fingerprint density at radius 3 is 2.69 bits per heavy atom. The van der Waals surface area contributed by atoms with Crippen molar-refractivity contribution in [1.82, 2.24) is 4.90 Å². The van der Waals surface area contributed by atoms with Crippen LogP contribution in [0, 0.1) is 0 Å². The highest BCUT2D eigenvalue weighted by molar-refractivity contribution is 9.10. The predicted molar refractivity (Wildman–Crippen MR) is 103 cm³/mol. The van der Waals surface area contributed by atoms with Gasteiger partial charge in [-0.15, -0.1) is 0 Å². The molecule has 0 aromatic heterocycles. The number of carbonyl (C=O) groups excluding carboxylic acids is 2. The van der Waals surface area contributed by atoms with Gasteiger partial charge in [-0.1, -0.05) is 22.0 Å². The minimum absolute atomic E-state index is 0.116. The largest absolute Gasteiger partial charge is 0.454 e. The van der Waals surface area contributed by atoms with E-state index in [0.29, 0.717) is 16.4 Å². The van der Waals surface area contributed by atoms with E-state index in [9.17, 15) is 9.59 Å². The van der Waals surface area contributed by atoms with Gasteiger partial charge in [-0.2, -0.15) is 0 Å². The topological polar surface area (TPSA) is 67.9 Å². The van der Waals surface area contributed by atoms with Gasteiger partial charge < -0.3 is 14.8 Å². The maximum absolute atomic E-state index is 12.5. The number of thioether (sulfide) groups is 1.